The summed E-state index contributed by atoms with van der Waals surface area (Å²) in [5.41, 5.74) is 3.08. The summed E-state index contributed by atoms with van der Waals surface area (Å²) < 4.78 is 8.43. The predicted octanol–water partition coefficient (Wildman–Crippen LogP) is 4.72. The van der Waals surface area contributed by atoms with Crippen LogP contribution in [0, 0.1) is 13.8 Å². The molecule has 2 aromatic carbocycles. The first kappa shape index (κ1) is 19.2. The lowest BCUT2D eigenvalue weighted by Gasteiger charge is -2.16. The molecular formula is C21H22BrN3O2. The Bertz CT molecular complexity index is 938. The molecular weight excluding hydrogens is 406 g/mol. The van der Waals surface area contributed by atoms with E-state index in [2.05, 4.69) is 26.3 Å². The number of aryl methyl sites for hydroxylation is 2. The lowest BCUT2D eigenvalue weighted by atomic mass is 10.2. The van der Waals surface area contributed by atoms with Crippen LogP contribution in [-0.2, 0) is 11.3 Å². The van der Waals surface area contributed by atoms with Crippen molar-refractivity contribution in [3.05, 3.63) is 75.9 Å². The van der Waals surface area contributed by atoms with E-state index in [-0.39, 0.29) is 5.91 Å². The minimum atomic E-state index is -0.649. The molecule has 3 rings (SSSR count). The number of carbonyl (C=O) groups is 1. The fraction of sp³-hybridized carbons (Fsp3) is 0.238. The van der Waals surface area contributed by atoms with Gasteiger partial charge in [-0.1, -0.05) is 36.4 Å². The second-order valence-electron chi connectivity index (χ2n) is 6.50. The topological polar surface area (TPSA) is 56.1 Å². The number of aromatic nitrogens is 2. The largest absolute Gasteiger partial charge is 0.480 e. The molecule has 0 radical (unpaired) electrons. The molecule has 6 heteroatoms. The number of amides is 1. The van der Waals surface area contributed by atoms with Crippen molar-refractivity contribution in [1.29, 1.82) is 0 Å². The van der Waals surface area contributed by atoms with Gasteiger partial charge in [-0.3, -0.25) is 4.79 Å². The van der Waals surface area contributed by atoms with E-state index in [4.69, 9.17) is 4.74 Å². The molecule has 1 N–H and O–H groups in total. The number of nitrogens with zero attached hydrogens (tertiary/aromatic N) is 2. The highest BCUT2D eigenvalue weighted by Crippen LogP contribution is 2.27. The minimum Gasteiger partial charge on any atom is -0.480 e. The average molecular weight is 428 g/mol. The maximum Gasteiger partial charge on any atom is 0.266 e. The summed E-state index contributed by atoms with van der Waals surface area (Å²) in [5.74, 6) is 1.06. The molecule has 5 nitrogen and oxygen atoms in total. The number of nitrogens with one attached hydrogen (secondary N) is 1. The summed E-state index contributed by atoms with van der Waals surface area (Å²) >= 11 is 3.47. The zero-order valence-electron chi connectivity index (χ0n) is 15.6. The highest BCUT2D eigenvalue weighted by atomic mass is 79.9. The molecule has 0 spiro atoms. The molecule has 0 fully saturated rings. The molecule has 1 heterocycles. The number of anilines is 1. The van der Waals surface area contributed by atoms with Gasteiger partial charge in [-0.2, -0.15) is 5.10 Å². The van der Waals surface area contributed by atoms with Crippen molar-refractivity contribution in [3.8, 4) is 5.75 Å². The van der Waals surface area contributed by atoms with Crippen LogP contribution in [-0.4, -0.2) is 21.8 Å². The van der Waals surface area contributed by atoms with Crippen LogP contribution in [0.4, 0.5) is 5.82 Å². The van der Waals surface area contributed by atoms with Crippen LogP contribution in [0.5, 0.6) is 5.75 Å². The van der Waals surface area contributed by atoms with Crippen LogP contribution < -0.4 is 10.1 Å². The van der Waals surface area contributed by atoms with Crippen LogP contribution in [0.25, 0.3) is 0 Å². The highest BCUT2D eigenvalue weighted by molar-refractivity contribution is 9.10. The van der Waals surface area contributed by atoms with E-state index in [1.54, 1.807) is 11.6 Å². The van der Waals surface area contributed by atoms with Gasteiger partial charge in [-0.25, -0.2) is 4.68 Å². The number of benzene rings is 2. The zero-order chi connectivity index (χ0) is 19.4. The van der Waals surface area contributed by atoms with E-state index < -0.39 is 6.10 Å². The summed E-state index contributed by atoms with van der Waals surface area (Å²) in [5, 5.41) is 7.40. The van der Waals surface area contributed by atoms with Crippen molar-refractivity contribution in [2.75, 3.05) is 5.32 Å². The van der Waals surface area contributed by atoms with Crippen LogP contribution in [0.2, 0.25) is 0 Å². The van der Waals surface area contributed by atoms with Crippen LogP contribution >= 0.6 is 15.9 Å². The smallest absolute Gasteiger partial charge is 0.266 e. The Morgan fingerprint density at radius 2 is 1.93 bits per heavy atom. The van der Waals surface area contributed by atoms with Gasteiger partial charge in [0.15, 0.2) is 6.10 Å². The fourth-order valence-electron chi connectivity index (χ4n) is 2.70. The molecule has 0 bridgehead atoms. The third kappa shape index (κ3) is 4.98. The predicted molar refractivity (Wildman–Crippen MR) is 110 cm³/mol. The zero-order valence-corrected chi connectivity index (χ0v) is 17.2. The highest BCUT2D eigenvalue weighted by Gasteiger charge is 2.18. The van der Waals surface area contributed by atoms with Gasteiger partial charge in [0.05, 0.1) is 16.7 Å². The molecule has 1 unspecified atom stereocenters. The third-order valence-corrected chi connectivity index (χ3v) is 4.71. The third-order valence-electron chi connectivity index (χ3n) is 4.09. The molecule has 1 atom stereocenters. The fourth-order valence-corrected chi connectivity index (χ4v) is 3.28. The number of hydrogen-bond donors (Lipinski definition) is 1. The molecule has 0 saturated carbocycles. The maximum atomic E-state index is 12.6. The molecule has 27 heavy (non-hydrogen) atoms. The lowest BCUT2D eigenvalue weighted by Crippen LogP contribution is -2.31. The first-order valence-corrected chi connectivity index (χ1v) is 9.54. The van der Waals surface area contributed by atoms with Crippen LogP contribution in [0.1, 0.15) is 23.7 Å². The standard InChI is InChI=1S/C21H22BrN3O2/c1-14-9-10-19(18(22)11-14)27-16(3)21(26)23-20-12-15(2)24-25(20)13-17-7-5-4-6-8-17/h4-12,16H,13H2,1-3H3,(H,23,26). The number of halogens is 1. The first-order valence-electron chi connectivity index (χ1n) is 8.74. The number of carbonyl (C=O) groups excluding carboxylic acids is 1. The summed E-state index contributed by atoms with van der Waals surface area (Å²) in [6.07, 6.45) is -0.649. The van der Waals surface area contributed by atoms with Gasteiger partial charge in [0.2, 0.25) is 0 Å². The van der Waals surface area contributed by atoms with Gasteiger partial charge in [-0.05, 0) is 60.0 Å². The Hall–Kier alpha value is -2.60. The monoisotopic (exact) mass is 427 g/mol. The molecule has 3 aromatic rings. The van der Waals surface area contributed by atoms with E-state index in [0.717, 1.165) is 21.3 Å². The summed E-state index contributed by atoms with van der Waals surface area (Å²) in [4.78, 5) is 12.6. The lowest BCUT2D eigenvalue weighted by molar-refractivity contribution is -0.122. The second kappa shape index (κ2) is 8.39. The Balaban J connectivity index is 1.70. The second-order valence-corrected chi connectivity index (χ2v) is 7.35. The Morgan fingerprint density at radius 1 is 1.19 bits per heavy atom. The quantitative estimate of drug-likeness (QED) is 0.619. The van der Waals surface area contributed by atoms with Gasteiger partial charge >= 0.3 is 0 Å². The summed E-state index contributed by atoms with van der Waals surface area (Å²) in [6, 6.07) is 17.6. The van der Waals surface area contributed by atoms with E-state index in [9.17, 15) is 4.79 Å². The molecule has 0 aliphatic carbocycles. The SMILES string of the molecule is Cc1ccc(OC(C)C(=O)Nc2cc(C)nn2Cc2ccccc2)c(Br)c1. The van der Waals surface area contributed by atoms with Gasteiger partial charge in [0.25, 0.3) is 5.91 Å². The molecule has 1 amide bonds. The summed E-state index contributed by atoms with van der Waals surface area (Å²) in [6.45, 7) is 6.22. The minimum absolute atomic E-state index is 0.225. The summed E-state index contributed by atoms with van der Waals surface area (Å²) in [7, 11) is 0. The number of hydrogen-bond acceptors (Lipinski definition) is 3. The van der Waals surface area contributed by atoms with E-state index in [0.29, 0.717) is 18.1 Å². The Labute approximate surface area is 167 Å². The number of rotatable bonds is 6. The van der Waals surface area contributed by atoms with Gasteiger partial charge in [-0.15, -0.1) is 0 Å². The Morgan fingerprint density at radius 3 is 2.63 bits per heavy atom. The maximum absolute atomic E-state index is 12.6. The van der Waals surface area contributed by atoms with E-state index in [1.807, 2.05) is 68.4 Å². The van der Waals surface area contributed by atoms with E-state index >= 15 is 0 Å². The first-order chi connectivity index (χ1) is 12.9. The Kier molecular flexibility index (Phi) is 5.96. The van der Waals surface area contributed by atoms with Crippen LogP contribution in [0.3, 0.4) is 0 Å². The van der Waals surface area contributed by atoms with Crippen molar-refractivity contribution in [3.63, 3.8) is 0 Å². The van der Waals surface area contributed by atoms with Crippen molar-refractivity contribution < 1.29 is 9.53 Å². The van der Waals surface area contributed by atoms with Crippen LogP contribution in [0.15, 0.2) is 59.1 Å². The van der Waals surface area contributed by atoms with Crippen molar-refractivity contribution in [2.24, 2.45) is 0 Å². The van der Waals surface area contributed by atoms with Crippen molar-refractivity contribution >= 4 is 27.7 Å². The van der Waals surface area contributed by atoms with Crippen molar-refractivity contribution in [1.82, 2.24) is 9.78 Å². The molecule has 0 saturated heterocycles. The molecule has 1 aromatic heterocycles. The molecule has 0 aliphatic heterocycles. The van der Waals surface area contributed by atoms with Crippen molar-refractivity contribution in [2.45, 2.75) is 33.4 Å². The van der Waals surface area contributed by atoms with E-state index in [1.165, 1.54) is 0 Å². The normalized spacial score (nSPS) is 11.9. The van der Waals surface area contributed by atoms with Gasteiger partial charge in [0, 0.05) is 6.07 Å². The number of ether oxygens (including phenoxy) is 1. The molecule has 0 aliphatic rings. The van der Waals surface area contributed by atoms with Gasteiger partial charge < -0.3 is 10.1 Å². The van der Waals surface area contributed by atoms with Gasteiger partial charge in [0.1, 0.15) is 11.6 Å². The average Bonchev–Trinajstić information content (AvgIpc) is 2.97. The molecule has 140 valence electrons.